The van der Waals surface area contributed by atoms with Crippen LogP contribution in [0.3, 0.4) is 0 Å². The summed E-state index contributed by atoms with van der Waals surface area (Å²) in [6.07, 6.45) is 2.65. The van der Waals surface area contributed by atoms with E-state index in [-0.39, 0.29) is 11.9 Å². The number of nitrogens with one attached hydrogen (secondary N) is 2. The summed E-state index contributed by atoms with van der Waals surface area (Å²) < 4.78 is 25.0. The Morgan fingerprint density at radius 1 is 1.22 bits per heavy atom. The van der Waals surface area contributed by atoms with Crippen molar-refractivity contribution in [3.8, 4) is 0 Å². The second kappa shape index (κ2) is 7.90. The van der Waals surface area contributed by atoms with Gasteiger partial charge >= 0.3 is 0 Å². The molecule has 0 saturated carbocycles. The fourth-order valence-corrected chi connectivity index (χ4v) is 3.52. The van der Waals surface area contributed by atoms with E-state index < -0.39 is 10.0 Å². The SMILES string of the molecule is Cc1ccc(CNC(=O)CN2CCC(NS(C)(=O)=O)CC2)cc1. The molecule has 1 aliphatic rings. The molecule has 0 atom stereocenters. The molecule has 23 heavy (non-hydrogen) atoms. The summed E-state index contributed by atoms with van der Waals surface area (Å²) in [4.78, 5) is 14.1. The Morgan fingerprint density at radius 3 is 2.39 bits per heavy atom. The zero-order valence-electron chi connectivity index (χ0n) is 13.7. The molecule has 7 heteroatoms. The van der Waals surface area contributed by atoms with E-state index in [2.05, 4.69) is 14.9 Å². The first-order valence-electron chi connectivity index (χ1n) is 7.84. The van der Waals surface area contributed by atoms with Gasteiger partial charge < -0.3 is 5.32 Å². The zero-order chi connectivity index (χ0) is 16.9. The number of piperidine rings is 1. The van der Waals surface area contributed by atoms with E-state index in [9.17, 15) is 13.2 Å². The fourth-order valence-electron chi connectivity index (χ4n) is 2.68. The van der Waals surface area contributed by atoms with Crippen LogP contribution in [0, 0.1) is 6.92 Å². The molecule has 128 valence electrons. The first-order valence-corrected chi connectivity index (χ1v) is 9.73. The molecule has 0 aromatic heterocycles. The first kappa shape index (κ1) is 17.9. The first-order chi connectivity index (χ1) is 10.8. The van der Waals surface area contributed by atoms with Crippen molar-refractivity contribution < 1.29 is 13.2 Å². The summed E-state index contributed by atoms with van der Waals surface area (Å²) in [6.45, 7) is 4.38. The lowest BCUT2D eigenvalue weighted by atomic mass is 10.1. The molecule has 1 aliphatic heterocycles. The average Bonchev–Trinajstić information content (AvgIpc) is 2.47. The predicted molar refractivity (Wildman–Crippen MR) is 90.5 cm³/mol. The van der Waals surface area contributed by atoms with Gasteiger partial charge in [-0.3, -0.25) is 9.69 Å². The molecule has 1 aromatic rings. The molecule has 0 spiro atoms. The zero-order valence-corrected chi connectivity index (χ0v) is 14.5. The highest BCUT2D eigenvalue weighted by molar-refractivity contribution is 7.88. The number of aryl methyl sites for hydroxylation is 1. The van der Waals surface area contributed by atoms with Crippen LogP contribution in [-0.4, -0.2) is 51.2 Å². The van der Waals surface area contributed by atoms with Crippen molar-refractivity contribution in [3.05, 3.63) is 35.4 Å². The molecule has 0 aliphatic carbocycles. The number of carbonyl (C=O) groups is 1. The van der Waals surface area contributed by atoms with Crippen LogP contribution in [0.4, 0.5) is 0 Å². The minimum atomic E-state index is -3.15. The topological polar surface area (TPSA) is 78.5 Å². The molecule has 0 bridgehead atoms. The van der Waals surface area contributed by atoms with E-state index in [1.165, 1.54) is 11.8 Å². The summed E-state index contributed by atoms with van der Waals surface area (Å²) in [5.74, 6) is 0.0000900. The van der Waals surface area contributed by atoms with E-state index >= 15 is 0 Å². The van der Waals surface area contributed by atoms with Gasteiger partial charge in [-0.25, -0.2) is 13.1 Å². The van der Waals surface area contributed by atoms with Gasteiger partial charge in [-0.05, 0) is 25.3 Å². The van der Waals surface area contributed by atoms with Crippen molar-refractivity contribution in [1.29, 1.82) is 0 Å². The molecular weight excluding hydrogens is 314 g/mol. The lowest BCUT2D eigenvalue weighted by Gasteiger charge is -2.31. The van der Waals surface area contributed by atoms with Crippen LogP contribution in [0.2, 0.25) is 0 Å². The Morgan fingerprint density at radius 2 is 1.83 bits per heavy atom. The summed E-state index contributed by atoms with van der Waals surface area (Å²) in [5, 5.41) is 2.92. The molecular formula is C16H25N3O3S. The normalized spacial score (nSPS) is 17.1. The summed E-state index contributed by atoms with van der Waals surface area (Å²) in [7, 11) is -3.15. The molecule has 6 nitrogen and oxygen atoms in total. The number of likely N-dealkylation sites (tertiary alicyclic amines) is 1. The number of amides is 1. The molecule has 0 unspecified atom stereocenters. The van der Waals surface area contributed by atoms with Gasteiger partial charge in [0.2, 0.25) is 15.9 Å². The molecule has 1 amide bonds. The average molecular weight is 339 g/mol. The van der Waals surface area contributed by atoms with Gasteiger partial charge in [-0.1, -0.05) is 29.8 Å². The highest BCUT2D eigenvalue weighted by Crippen LogP contribution is 2.10. The Labute approximate surface area is 138 Å². The summed E-state index contributed by atoms with van der Waals surface area (Å²) >= 11 is 0. The molecule has 1 aromatic carbocycles. The number of benzene rings is 1. The number of nitrogens with zero attached hydrogens (tertiary/aromatic N) is 1. The van der Waals surface area contributed by atoms with Crippen LogP contribution < -0.4 is 10.0 Å². The Balaban J connectivity index is 1.69. The van der Waals surface area contributed by atoms with Crippen LogP contribution in [0.25, 0.3) is 0 Å². The third kappa shape index (κ3) is 6.68. The smallest absolute Gasteiger partial charge is 0.234 e. The van der Waals surface area contributed by atoms with Crippen molar-refractivity contribution in [2.45, 2.75) is 32.4 Å². The van der Waals surface area contributed by atoms with Gasteiger partial charge in [0.1, 0.15) is 0 Å². The third-order valence-electron chi connectivity index (χ3n) is 3.95. The largest absolute Gasteiger partial charge is 0.351 e. The highest BCUT2D eigenvalue weighted by atomic mass is 32.2. The second-order valence-corrected chi connectivity index (χ2v) is 7.98. The quantitative estimate of drug-likeness (QED) is 0.797. The van der Waals surface area contributed by atoms with Gasteiger partial charge in [0.15, 0.2) is 0 Å². The van der Waals surface area contributed by atoms with Gasteiger partial charge in [-0.2, -0.15) is 0 Å². The maximum absolute atomic E-state index is 12.0. The van der Waals surface area contributed by atoms with Gasteiger partial charge in [0.25, 0.3) is 0 Å². The molecule has 1 heterocycles. The highest BCUT2D eigenvalue weighted by Gasteiger charge is 2.22. The molecule has 2 N–H and O–H groups in total. The number of hydrogen-bond acceptors (Lipinski definition) is 4. The number of rotatable bonds is 6. The minimum absolute atomic E-state index is 0.0000900. The van der Waals surface area contributed by atoms with Crippen molar-refractivity contribution in [1.82, 2.24) is 14.9 Å². The third-order valence-corrected chi connectivity index (χ3v) is 4.71. The Hall–Kier alpha value is -1.44. The van der Waals surface area contributed by atoms with Gasteiger partial charge in [-0.15, -0.1) is 0 Å². The maximum atomic E-state index is 12.0. The minimum Gasteiger partial charge on any atom is -0.351 e. The fraction of sp³-hybridized carbons (Fsp3) is 0.562. The van der Waals surface area contributed by atoms with E-state index in [0.717, 1.165) is 31.5 Å². The Kier molecular flexibility index (Phi) is 6.15. The van der Waals surface area contributed by atoms with Crippen molar-refractivity contribution in [2.75, 3.05) is 25.9 Å². The monoisotopic (exact) mass is 339 g/mol. The molecule has 0 radical (unpaired) electrons. The number of carbonyl (C=O) groups excluding carboxylic acids is 1. The van der Waals surface area contributed by atoms with E-state index in [4.69, 9.17) is 0 Å². The van der Waals surface area contributed by atoms with E-state index in [1.807, 2.05) is 31.2 Å². The van der Waals surface area contributed by atoms with Crippen LogP contribution in [0.15, 0.2) is 24.3 Å². The molecule has 1 saturated heterocycles. The maximum Gasteiger partial charge on any atom is 0.234 e. The van der Waals surface area contributed by atoms with Crippen molar-refractivity contribution in [3.63, 3.8) is 0 Å². The predicted octanol–water partition coefficient (Wildman–Crippen LogP) is 0.625. The van der Waals surface area contributed by atoms with Gasteiger partial charge in [0.05, 0.1) is 12.8 Å². The van der Waals surface area contributed by atoms with Crippen LogP contribution >= 0.6 is 0 Å². The second-order valence-electron chi connectivity index (χ2n) is 6.20. The lowest BCUT2D eigenvalue weighted by Crippen LogP contribution is -2.47. The van der Waals surface area contributed by atoms with Crippen molar-refractivity contribution >= 4 is 15.9 Å². The summed E-state index contributed by atoms with van der Waals surface area (Å²) in [6, 6.07) is 8.06. The van der Waals surface area contributed by atoms with Gasteiger partial charge in [0, 0.05) is 25.7 Å². The van der Waals surface area contributed by atoms with E-state index in [0.29, 0.717) is 13.1 Å². The summed E-state index contributed by atoms with van der Waals surface area (Å²) in [5.41, 5.74) is 2.28. The van der Waals surface area contributed by atoms with Crippen LogP contribution in [0.1, 0.15) is 24.0 Å². The van der Waals surface area contributed by atoms with E-state index in [1.54, 1.807) is 0 Å². The number of hydrogen-bond donors (Lipinski definition) is 2. The standard InChI is InChI=1S/C16H25N3O3S/c1-13-3-5-14(6-4-13)11-17-16(20)12-19-9-7-15(8-10-19)18-23(2,21)22/h3-6,15,18H,7-12H2,1-2H3,(H,17,20). The molecule has 2 rings (SSSR count). The van der Waals surface area contributed by atoms with Crippen LogP contribution in [-0.2, 0) is 21.4 Å². The molecule has 1 fully saturated rings. The number of sulfonamides is 1. The lowest BCUT2D eigenvalue weighted by molar-refractivity contribution is -0.122. The van der Waals surface area contributed by atoms with Crippen molar-refractivity contribution in [2.24, 2.45) is 0 Å². The Bertz CT molecular complexity index is 620. The van der Waals surface area contributed by atoms with Crippen LogP contribution in [0.5, 0.6) is 0 Å².